The number of aryl methyl sites for hydroxylation is 2. The average molecular weight is 393 g/mol. The lowest BCUT2D eigenvalue weighted by Gasteiger charge is -2.11. The first-order valence-corrected chi connectivity index (χ1v) is 9.21. The van der Waals surface area contributed by atoms with Crippen molar-refractivity contribution < 1.29 is 18.1 Å². The molecule has 0 aliphatic carbocycles. The van der Waals surface area contributed by atoms with E-state index in [4.69, 9.17) is 4.52 Å². The van der Waals surface area contributed by atoms with Gasteiger partial charge in [0.1, 0.15) is 17.5 Å². The van der Waals surface area contributed by atoms with Gasteiger partial charge >= 0.3 is 0 Å². The standard InChI is InChI=1S/C17H17F2N5O2S/c1-10-6-20-24(7-12-5-13(18)3-4-14(12)19)17(10)22-16(25)9-27-8-15-21-11(2)26-23-15/h3-6H,7-9H2,1-2H3,(H,22,25). The summed E-state index contributed by atoms with van der Waals surface area (Å²) >= 11 is 1.33. The van der Waals surface area contributed by atoms with E-state index in [0.717, 1.165) is 23.8 Å². The first-order valence-electron chi connectivity index (χ1n) is 8.05. The second-order valence-electron chi connectivity index (χ2n) is 5.84. The molecule has 0 unspecified atom stereocenters. The molecular formula is C17H17F2N5O2S. The van der Waals surface area contributed by atoms with Crippen LogP contribution in [0.4, 0.5) is 14.6 Å². The molecule has 0 saturated heterocycles. The molecule has 2 heterocycles. The Hall–Kier alpha value is -2.75. The molecule has 7 nitrogen and oxygen atoms in total. The molecule has 3 aromatic rings. The Morgan fingerprint density at radius 1 is 1.33 bits per heavy atom. The molecule has 0 atom stereocenters. The summed E-state index contributed by atoms with van der Waals surface area (Å²) in [6, 6.07) is 3.23. The molecule has 0 fully saturated rings. The summed E-state index contributed by atoms with van der Waals surface area (Å²) in [5.41, 5.74) is 0.870. The zero-order valence-corrected chi connectivity index (χ0v) is 15.5. The molecule has 0 bridgehead atoms. The topological polar surface area (TPSA) is 85.8 Å². The molecule has 1 amide bonds. The maximum atomic E-state index is 13.9. The van der Waals surface area contributed by atoms with Crippen molar-refractivity contribution in [3.63, 3.8) is 0 Å². The van der Waals surface area contributed by atoms with E-state index in [-0.39, 0.29) is 23.8 Å². The van der Waals surface area contributed by atoms with E-state index in [1.54, 1.807) is 20.0 Å². The molecule has 142 valence electrons. The number of hydrogen-bond donors (Lipinski definition) is 1. The van der Waals surface area contributed by atoms with Crippen LogP contribution in [0, 0.1) is 25.5 Å². The molecule has 1 aromatic carbocycles. The highest BCUT2D eigenvalue weighted by molar-refractivity contribution is 7.99. The van der Waals surface area contributed by atoms with Crippen LogP contribution in [-0.2, 0) is 17.1 Å². The van der Waals surface area contributed by atoms with Gasteiger partial charge in [0.2, 0.25) is 11.8 Å². The molecule has 2 aromatic heterocycles. The number of anilines is 1. The summed E-state index contributed by atoms with van der Waals surface area (Å²) in [6.45, 7) is 3.47. The molecule has 0 radical (unpaired) electrons. The van der Waals surface area contributed by atoms with Crippen LogP contribution in [-0.4, -0.2) is 31.6 Å². The predicted octanol–water partition coefficient (Wildman–Crippen LogP) is 3.08. The van der Waals surface area contributed by atoms with E-state index in [0.29, 0.717) is 23.3 Å². The van der Waals surface area contributed by atoms with Gasteiger partial charge < -0.3 is 9.84 Å². The summed E-state index contributed by atoms with van der Waals surface area (Å²) in [6.07, 6.45) is 1.56. The number of benzene rings is 1. The smallest absolute Gasteiger partial charge is 0.235 e. The minimum atomic E-state index is -0.534. The van der Waals surface area contributed by atoms with Crippen molar-refractivity contribution >= 4 is 23.5 Å². The second kappa shape index (κ2) is 8.30. The third-order valence-electron chi connectivity index (χ3n) is 3.64. The highest BCUT2D eigenvalue weighted by atomic mass is 32.2. The summed E-state index contributed by atoms with van der Waals surface area (Å²) < 4.78 is 33.5. The molecule has 0 saturated carbocycles. The fourth-order valence-corrected chi connectivity index (χ4v) is 3.05. The third kappa shape index (κ3) is 4.91. The largest absolute Gasteiger partial charge is 0.340 e. The van der Waals surface area contributed by atoms with Crippen molar-refractivity contribution in [2.24, 2.45) is 0 Å². The lowest BCUT2D eigenvalue weighted by atomic mass is 10.2. The quantitative estimate of drug-likeness (QED) is 0.664. The number of aromatic nitrogens is 4. The number of nitrogens with one attached hydrogen (secondary N) is 1. The third-order valence-corrected chi connectivity index (χ3v) is 4.57. The van der Waals surface area contributed by atoms with Crippen LogP contribution in [0.3, 0.4) is 0 Å². The number of hydrogen-bond acceptors (Lipinski definition) is 6. The summed E-state index contributed by atoms with van der Waals surface area (Å²) in [5, 5.41) is 10.7. The Kier molecular flexibility index (Phi) is 5.84. The Labute approximate surface area is 158 Å². The fraction of sp³-hybridized carbons (Fsp3) is 0.294. The van der Waals surface area contributed by atoms with Crippen LogP contribution < -0.4 is 5.32 Å². The lowest BCUT2D eigenvalue weighted by molar-refractivity contribution is -0.113. The van der Waals surface area contributed by atoms with Crippen molar-refractivity contribution in [2.45, 2.75) is 26.1 Å². The van der Waals surface area contributed by atoms with E-state index in [1.807, 2.05) is 0 Å². The number of nitrogens with zero attached hydrogens (tertiary/aromatic N) is 4. The van der Waals surface area contributed by atoms with Gasteiger partial charge in [-0.05, 0) is 25.1 Å². The maximum absolute atomic E-state index is 13.9. The minimum Gasteiger partial charge on any atom is -0.340 e. The number of thioether (sulfide) groups is 1. The van der Waals surface area contributed by atoms with E-state index in [2.05, 4.69) is 20.6 Å². The van der Waals surface area contributed by atoms with Crippen LogP contribution in [0.2, 0.25) is 0 Å². The van der Waals surface area contributed by atoms with Gasteiger partial charge in [-0.25, -0.2) is 13.5 Å². The second-order valence-corrected chi connectivity index (χ2v) is 6.83. The van der Waals surface area contributed by atoms with Crippen molar-refractivity contribution in [3.8, 4) is 0 Å². The van der Waals surface area contributed by atoms with Crippen molar-refractivity contribution in [2.75, 3.05) is 11.1 Å². The molecule has 0 spiro atoms. The number of carbonyl (C=O) groups excluding carboxylic acids is 1. The zero-order chi connectivity index (χ0) is 19.4. The SMILES string of the molecule is Cc1nc(CSCC(=O)Nc2c(C)cnn2Cc2cc(F)ccc2F)no1. The van der Waals surface area contributed by atoms with Gasteiger partial charge in [0.05, 0.1) is 24.2 Å². The highest BCUT2D eigenvalue weighted by Crippen LogP contribution is 2.19. The first kappa shape index (κ1) is 19.0. The summed E-state index contributed by atoms with van der Waals surface area (Å²) in [5.74, 6) is 0.739. The number of amides is 1. The Morgan fingerprint density at radius 2 is 2.15 bits per heavy atom. The van der Waals surface area contributed by atoms with Gasteiger partial charge in [0.25, 0.3) is 0 Å². The zero-order valence-electron chi connectivity index (χ0n) is 14.7. The van der Waals surface area contributed by atoms with Gasteiger partial charge in [-0.3, -0.25) is 4.79 Å². The molecule has 0 aliphatic rings. The highest BCUT2D eigenvalue weighted by Gasteiger charge is 2.14. The number of rotatable bonds is 7. The van der Waals surface area contributed by atoms with Crippen LogP contribution in [0.15, 0.2) is 28.9 Å². The van der Waals surface area contributed by atoms with Crippen LogP contribution in [0.1, 0.15) is 22.8 Å². The number of halogens is 2. The minimum absolute atomic E-state index is 0.00231. The van der Waals surface area contributed by atoms with Crippen molar-refractivity contribution in [3.05, 3.63) is 58.9 Å². The normalized spacial score (nSPS) is 11.0. The Bertz CT molecular complexity index is 957. The van der Waals surface area contributed by atoms with Gasteiger partial charge in [-0.2, -0.15) is 10.1 Å². The summed E-state index contributed by atoms with van der Waals surface area (Å²) in [7, 11) is 0. The molecule has 10 heteroatoms. The molecular weight excluding hydrogens is 376 g/mol. The van der Waals surface area contributed by atoms with Gasteiger partial charge in [-0.1, -0.05) is 5.16 Å². The van der Waals surface area contributed by atoms with Crippen LogP contribution in [0.25, 0.3) is 0 Å². The Morgan fingerprint density at radius 3 is 2.89 bits per heavy atom. The van der Waals surface area contributed by atoms with Crippen molar-refractivity contribution in [1.29, 1.82) is 0 Å². The van der Waals surface area contributed by atoms with Crippen LogP contribution >= 0.6 is 11.8 Å². The molecule has 1 N–H and O–H groups in total. The van der Waals surface area contributed by atoms with Gasteiger partial charge in [0.15, 0.2) is 5.82 Å². The molecule has 27 heavy (non-hydrogen) atoms. The van der Waals surface area contributed by atoms with E-state index >= 15 is 0 Å². The first-order chi connectivity index (χ1) is 12.9. The number of carbonyl (C=O) groups is 1. The summed E-state index contributed by atoms with van der Waals surface area (Å²) in [4.78, 5) is 16.3. The fourth-order valence-electron chi connectivity index (χ4n) is 2.39. The lowest BCUT2D eigenvalue weighted by Crippen LogP contribution is -2.19. The molecule has 3 rings (SSSR count). The Balaban J connectivity index is 1.62. The van der Waals surface area contributed by atoms with Gasteiger partial charge in [-0.15, -0.1) is 11.8 Å². The van der Waals surface area contributed by atoms with Crippen LogP contribution in [0.5, 0.6) is 0 Å². The van der Waals surface area contributed by atoms with Gasteiger partial charge in [0, 0.05) is 18.1 Å². The van der Waals surface area contributed by atoms with E-state index < -0.39 is 11.6 Å². The van der Waals surface area contributed by atoms with E-state index in [9.17, 15) is 13.6 Å². The predicted molar refractivity (Wildman–Crippen MR) is 96.3 cm³/mol. The van der Waals surface area contributed by atoms with E-state index in [1.165, 1.54) is 16.4 Å². The van der Waals surface area contributed by atoms with Crippen molar-refractivity contribution in [1.82, 2.24) is 19.9 Å². The maximum Gasteiger partial charge on any atom is 0.235 e. The monoisotopic (exact) mass is 393 g/mol. The average Bonchev–Trinajstić information content (AvgIpc) is 3.18. The molecule has 0 aliphatic heterocycles.